The van der Waals surface area contributed by atoms with Crippen LogP contribution < -0.4 is 0 Å². The number of benzene rings is 1. The Balaban J connectivity index is 2.32. The molecule has 0 aliphatic heterocycles. The molecule has 2 aromatic rings. The average molecular weight is 439 g/mol. The van der Waals surface area contributed by atoms with E-state index in [9.17, 15) is 8.42 Å². The van der Waals surface area contributed by atoms with Gasteiger partial charge in [-0.1, -0.05) is 15.9 Å². The van der Waals surface area contributed by atoms with Crippen molar-refractivity contribution >= 4 is 53.2 Å². The third-order valence-corrected chi connectivity index (χ3v) is 7.20. The van der Waals surface area contributed by atoms with Crippen molar-refractivity contribution in [2.24, 2.45) is 0 Å². The molecular formula is C13H13Br2NO2S2. The van der Waals surface area contributed by atoms with Gasteiger partial charge in [0.1, 0.15) is 0 Å². The maximum Gasteiger partial charge on any atom is 0.244 e. The Labute approximate surface area is 139 Å². The number of nitrogens with zero attached hydrogens (tertiary/aromatic N) is 1. The van der Waals surface area contributed by atoms with E-state index in [-0.39, 0.29) is 4.90 Å². The lowest BCUT2D eigenvalue weighted by Crippen LogP contribution is -2.26. The van der Waals surface area contributed by atoms with E-state index in [1.54, 1.807) is 36.6 Å². The van der Waals surface area contributed by atoms with E-state index in [0.29, 0.717) is 11.0 Å². The second kappa shape index (κ2) is 6.27. The fraction of sp³-hybridized carbons (Fsp3) is 0.231. The Kier molecular flexibility index (Phi) is 5.07. The van der Waals surface area contributed by atoms with Crippen molar-refractivity contribution in [1.29, 1.82) is 0 Å². The zero-order chi connectivity index (χ0) is 14.9. The summed E-state index contributed by atoms with van der Waals surface area (Å²) in [4.78, 5) is 1.33. The lowest BCUT2D eigenvalue weighted by molar-refractivity contribution is 0.468. The van der Waals surface area contributed by atoms with Gasteiger partial charge in [0.25, 0.3) is 0 Å². The summed E-state index contributed by atoms with van der Waals surface area (Å²) in [6.07, 6.45) is 0. The Morgan fingerprint density at radius 2 is 1.95 bits per heavy atom. The van der Waals surface area contributed by atoms with Crippen LogP contribution in [0.25, 0.3) is 0 Å². The lowest BCUT2D eigenvalue weighted by atomic mass is 10.3. The predicted molar refractivity (Wildman–Crippen MR) is 89.6 cm³/mol. The Morgan fingerprint density at radius 3 is 2.50 bits per heavy atom. The van der Waals surface area contributed by atoms with Crippen LogP contribution in [0.2, 0.25) is 0 Å². The van der Waals surface area contributed by atoms with Crippen LogP contribution in [0, 0.1) is 6.92 Å². The number of hydrogen-bond acceptors (Lipinski definition) is 3. The summed E-state index contributed by atoms with van der Waals surface area (Å²) < 4.78 is 27.9. The molecular weight excluding hydrogens is 426 g/mol. The minimum absolute atomic E-state index is 0.275. The molecule has 0 aliphatic carbocycles. The van der Waals surface area contributed by atoms with Gasteiger partial charge in [0.05, 0.1) is 4.90 Å². The number of hydrogen-bond donors (Lipinski definition) is 0. The maximum atomic E-state index is 12.6. The van der Waals surface area contributed by atoms with Gasteiger partial charge in [0.2, 0.25) is 10.0 Å². The molecule has 0 atom stereocenters. The lowest BCUT2D eigenvalue weighted by Gasteiger charge is -2.18. The van der Waals surface area contributed by atoms with Gasteiger partial charge in [0.15, 0.2) is 0 Å². The van der Waals surface area contributed by atoms with Crippen LogP contribution in [0.1, 0.15) is 10.4 Å². The Bertz CT molecular complexity index is 726. The molecule has 0 bridgehead atoms. The van der Waals surface area contributed by atoms with Crippen molar-refractivity contribution in [3.05, 3.63) is 49.0 Å². The summed E-state index contributed by atoms with van der Waals surface area (Å²) in [7, 11) is -1.91. The van der Waals surface area contributed by atoms with Crippen LogP contribution >= 0.6 is 43.2 Å². The Morgan fingerprint density at radius 1 is 1.25 bits per heavy atom. The van der Waals surface area contributed by atoms with Crippen LogP contribution in [-0.2, 0) is 16.6 Å². The second-order valence-corrected chi connectivity index (χ2v) is 9.15. The molecule has 3 nitrogen and oxygen atoms in total. The number of halogens is 2. The van der Waals surface area contributed by atoms with Crippen molar-refractivity contribution < 1.29 is 8.42 Å². The smallest absolute Gasteiger partial charge is 0.207 e. The summed E-state index contributed by atoms with van der Waals surface area (Å²) in [5, 5.41) is 1.97. The molecule has 2 rings (SSSR count). The molecule has 0 N–H and O–H groups in total. The summed E-state index contributed by atoms with van der Waals surface area (Å²) in [6.45, 7) is 2.37. The van der Waals surface area contributed by atoms with Gasteiger partial charge in [-0.05, 0) is 58.1 Å². The predicted octanol–water partition coefficient (Wildman–Crippen LogP) is 4.40. The SMILES string of the molecule is Cc1ccsc1CN(C)S(=O)(=O)c1ccc(Br)cc1Br. The van der Waals surface area contributed by atoms with Crippen molar-refractivity contribution in [1.82, 2.24) is 4.31 Å². The number of thiophene rings is 1. The first-order valence-corrected chi connectivity index (χ1v) is 9.67. The highest BCUT2D eigenvalue weighted by Crippen LogP contribution is 2.29. The van der Waals surface area contributed by atoms with Crippen LogP contribution in [0.5, 0.6) is 0 Å². The quantitative estimate of drug-likeness (QED) is 0.709. The molecule has 0 saturated carbocycles. The summed E-state index contributed by atoms with van der Waals surface area (Å²) in [5.74, 6) is 0. The van der Waals surface area contributed by atoms with Crippen molar-refractivity contribution in [3.8, 4) is 0 Å². The highest BCUT2D eigenvalue weighted by molar-refractivity contribution is 9.11. The summed E-state index contributed by atoms with van der Waals surface area (Å²) >= 11 is 8.20. The van der Waals surface area contributed by atoms with E-state index in [1.807, 2.05) is 18.4 Å². The van der Waals surface area contributed by atoms with E-state index in [0.717, 1.165) is 14.9 Å². The monoisotopic (exact) mass is 437 g/mol. The molecule has 7 heteroatoms. The van der Waals surface area contributed by atoms with E-state index in [2.05, 4.69) is 31.9 Å². The van der Waals surface area contributed by atoms with Crippen molar-refractivity contribution in [3.63, 3.8) is 0 Å². The fourth-order valence-electron chi connectivity index (χ4n) is 1.71. The minimum Gasteiger partial charge on any atom is -0.207 e. The molecule has 1 heterocycles. The zero-order valence-corrected chi connectivity index (χ0v) is 15.7. The third-order valence-electron chi connectivity index (χ3n) is 2.92. The van der Waals surface area contributed by atoms with Crippen LogP contribution in [0.3, 0.4) is 0 Å². The van der Waals surface area contributed by atoms with Gasteiger partial charge in [-0.15, -0.1) is 11.3 Å². The molecule has 1 aromatic heterocycles. The van der Waals surface area contributed by atoms with Crippen molar-refractivity contribution in [2.75, 3.05) is 7.05 Å². The van der Waals surface area contributed by atoms with Crippen molar-refractivity contribution in [2.45, 2.75) is 18.4 Å². The van der Waals surface area contributed by atoms with Gasteiger partial charge in [-0.3, -0.25) is 0 Å². The van der Waals surface area contributed by atoms with Gasteiger partial charge >= 0.3 is 0 Å². The molecule has 0 amide bonds. The van der Waals surface area contributed by atoms with Gasteiger partial charge < -0.3 is 0 Å². The van der Waals surface area contributed by atoms with Gasteiger partial charge in [-0.2, -0.15) is 4.31 Å². The van der Waals surface area contributed by atoms with Crippen LogP contribution in [0.15, 0.2) is 43.5 Å². The van der Waals surface area contributed by atoms with Gasteiger partial charge in [-0.25, -0.2) is 8.42 Å². The molecule has 0 saturated heterocycles. The van der Waals surface area contributed by atoms with E-state index in [4.69, 9.17) is 0 Å². The highest BCUT2D eigenvalue weighted by Gasteiger charge is 2.24. The molecule has 0 fully saturated rings. The normalized spacial score (nSPS) is 12.1. The molecule has 108 valence electrons. The van der Waals surface area contributed by atoms with Crippen LogP contribution in [-0.4, -0.2) is 19.8 Å². The minimum atomic E-state index is -3.51. The van der Waals surface area contributed by atoms with Gasteiger partial charge in [0, 0.05) is 27.4 Å². The number of rotatable bonds is 4. The fourth-order valence-corrected chi connectivity index (χ4v) is 5.59. The topological polar surface area (TPSA) is 37.4 Å². The number of sulfonamides is 1. The van der Waals surface area contributed by atoms with Crippen LogP contribution in [0.4, 0.5) is 0 Å². The average Bonchev–Trinajstić information content (AvgIpc) is 2.74. The van der Waals surface area contributed by atoms with E-state index in [1.165, 1.54) is 4.31 Å². The summed E-state index contributed by atoms with van der Waals surface area (Å²) in [5.41, 5.74) is 1.12. The van der Waals surface area contributed by atoms with E-state index >= 15 is 0 Å². The maximum absolute atomic E-state index is 12.6. The zero-order valence-electron chi connectivity index (χ0n) is 10.9. The standard InChI is InChI=1S/C13H13Br2NO2S2/c1-9-5-6-19-12(9)8-16(2)20(17,18)13-4-3-10(14)7-11(13)15/h3-7H,8H2,1-2H3. The third kappa shape index (κ3) is 3.33. The second-order valence-electron chi connectivity index (χ2n) is 4.36. The molecule has 0 aliphatic rings. The first-order chi connectivity index (χ1) is 9.32. The highest BCUT2D eigenvalue weighted by atomic mass is 79.9. The molecule has 0 radical (unpaired) electrons. The van der Waals surface area contributed by atoms with E-state index < -0.39 is 10.0 Å². The molecule has 20 heavy (non-hydrogen) atoms. The Hall–Kier alpha value is -0.210. The molecule has 0 spiro atoms. The first-order valence-electron chi connectivity index (χ1n) is 5.76. The molecule has 0 unspecified atom stereocenters. The largest absolute Gasteiger partial charge is 0.244 e. The molecule has 1 aromatic carbocycles. The summed E-state index contributed by atoms with van der Waals surface area (Å²) in [6, 6.07) is 7.05. The first kappa shape index (κ1) is 16.2. The number of aryl methyl sites for hydroxylation is 1.